The molecule has 0 spiro atoms. The number of hydrogen-bond donors (Lipinski definition) is 1. The Labute approximate surface area is 96.6 Å². The van der Waals surface area contributed by atoms with E-state index in [4.69, 9.17) is 10.5 Å². The summed E-state index contributed by atoms with van der Waals surface area (Å²) in [4.78, 5) is 15.2. The Kier molecular flexibility index (Phi) is 5.59. The van der Waals surface area contributed by atoms with Crippen molar-refractivity contribution in [3.05, 3.63) is 6.33 Å². The molecule has 84 valence electrons. The number of hydrogen-bond acceptors (Lipinski definition) is 7. The molecule has 0 bridgehead atoms. The predicted molar refractivity (Wildman–Crippen MR) is 59.9 cm³/mol. The Bertz CT molecular complexity index is 292. The average molecular weight is 247 g/mol. The summed E-state index contributed by atoms with van der Waals surface area (Å²) in [5, 5.41) is 0. The number of esters is 1. The molecule has 15 heavy (non-hydrogen) atoms. The van der Waals surface area contributed by atoms with Gasteiger partial charge in [0.15, 0.2) is 4.34 Å². The first-order valence-corrected chi connectivity index (χ1v) is 6.31. The summed E-state index contributed by atoms with van der Waals surface area (Å²) in [6, 6.07) is -0.537. The zero-order chi connectivity index (χ0) is 11.1. The number of aromatic nitrogens is 2. The molecule has 0 aromatic carbocycles. The van der Waals surface area contributed by atoms with Gasteiger partial charge in [0.1, 0.15) is 12.4 Å². The highest BCUT2D eigenvalue weighted by Crippen LogP contribution is 2.19. The molecule has 7 heteroatoms. The van der Waals surface area contributed by atoms with Crippen molar-refractivity contribution in [3.8, 4) is 0 Å². The third-order valence-corrected chi connectivity index (χ3v) is 3.42. The van der Waals surface area contributed by atoms with Crippen LogP contribution in [-0.4, -0.2) is 33.7 Å². The SMILES string of the molecule is CCOC(=O)C(N)CCSc1ncns1. The number of ether oxygens (including phenoxy) is 1. The van der Waals surface area contributed by atoms with Crippen molar-refractivity contribution in [2.45, 2.75) is 23.7 Å². The lowest BCUT2D eigenvalue weighted by Gasteiger charge is -2.08. The molecule has 1 rings (SSSR count). The monoisotopic (exact) mass is 247 g/mol. The third kappa shape index (κ3) is 4.59. The minimum atomic E-state index is -0.537. The Morgan fingerprint density at radius 3 is 3.20 bits per heavy atom. The number of rotatable bonds is 6. The molecule has 5 nitrogen and oxygen atoms in total. The zero-order valence-electron chi connectivity index (χ0n) is 8.38. The van der Waals surface area contributed by atoms with Crippen molar-refractivity contribution >= 4 is 29.3 Å². The van der Waals surface area contributed by atoms with Gasteiger partial charge in [0.05, 0.1) is 6.61 Å². The minimum absolute atomic E-state index is 0.338. The van der Waals surface area contributed by atoms with Crippen LogP contribution in [0.15, 0.2) is 10.7 Å². The van der Waals surface area contributed by atoms with E-state index >= 15 is 0 Å². The Morgan fingerprint density at radius 2 is 2.60 bits per heavy atom. The highest BCUT2D eigenvalue weighted by Gasteiger charge is 2.14. The maximum atomic E-state index is 11.2. The summed E-state index contributed by atoms with van der Waals surface area (Å²) in [6.45, 7) is 2.14. The lowest BCUT2D eigenvalue weighted by molar-refractivity contribution is -0.144. The van der Waals surface area contributed by atoms with E-state index in [-0.39, 0.29) is 5.97 Å². The molecule has 0 fully saturated rings. The van der Waals surface area contributed by atoms with Gasteiger partial charge >= 0.3 is 5.97 Å². The first-order valence-electron chi connectivity index (χ1n) is 4.55. The molecule has 2 N–H and O–H groups in total. The van der Waals surface area contributed by atoms with Gasteiger partial charge in [0.2, 0.25) is 0 Å². The molecule has 0 aliphatic carbocycles. The molecule has 0 saturated heterocycles. The Morgan fingerprint density at radius 1 is 1.80 bits per heavy atom. The van der Waals surface area contributed by atoms with Crippen LogP contribution in [0.5, 0.6) is 0 Å². The van der Waals surface area contributed by atoms with E-state index < -0.39 is 6.04 Å². The van der Waals surface area contributed by atoms with Crippen LogP contribution in [0, 0.1) is 0 Å². The molecule has 0 amide bonds. The second-order valence-electron chi connectivity index (χ2n) is 2.70. The number of carbonyl (C=O) groups excluding carboxylic acids is 1. The topological polar surface area (TPSA) is 78.1 Å². The summed E-state index contributed by atoms with van der Waals surface area (Å²) in [5.74, 6) is 0.408. The van der Waals surface area contributed by atoms with Gasteiger partial charge in [-0.1, -0.05) is 11.8 Å². The molecular formula is C8H13N3O2S2. The van der Waals surface area contributed by atoms with Crippen LogP contribution < -0.4 is 5.73 Å². The molecule has 1 atom stereocenters. The van der Waals surface area contributed by atoms with Crippen LogP contribution in [0.25, 0.3) is 0 Å². The quantitative estimate of drug-likeness (QED) is 0.594. The molecule has 0 aliphatic rings. The number of nitrogens with zero attached hydrogens (tertiary/aromatic N) is 2. The Hall–Kier alpha value is -0.660. The van der Waals surface area contributed by atoms with Crippen molar-refractivity contribution in [3.63, 3.8) is 0 Å². The van der Waals surface area contributed by atoms with E-state index in [1.807, 2.05) is 0 Å². The molecule has 1 aromatic rings. The molecular weight excluding hydrogens is 234 g/mol. The summed E-state index contributed by atoms with van der Waals surface area (Å²) in [6.07, 6.45) is 2.10. The number of nitrogens with two attached hydrogens (primary N) is 1. The van der Waals surface area contributed by atoms with E-state index in [9.17, 15) is 4.79 Å². The van der Waals surface area contributed by atoms with Crippen molar-refractivity contribution in [2.24, 2.45) is 5.73 Å². The maximum absolute atomic E-state index is 11.2. The van der Waals surface area contributed by atoms with Crippen molar-refractivity contribution < 1.29 is 9.53 Å². The summed E-state index contributed by atoms with van der Waals surface area (Å²) < 4.78 is 9.56. The van der Waals surface area contributed by atoms with E-state index in [0.29, 0.717) is 13.0 Å². The minimum Gasteiger partial charge on any atom is -0.465 e. The van der Waals surface area contributed by atoms with Gasteiger partial charge in [-0.2, -0.15) is 4.37 Å². The fourth-order valence-corrected chi connectivity index (χ4v) is 2.40. The van der Waals surface area contributed by atoms with Crippen LogP contribution in [0.3, 0.4) is 0 Å². The van der Waals surface area contributed by atoms with E-state index in [0.717, 1.165) is 10.1 Å². The van der Waals surface area contributed by atoms with Gasteiger partial charge < -0.3 is 10.5 Å². The van der Waals surface area contributed by atoms with Gasteiger partial charge in [0, 0.05) is 5.75 Å². The molecule has 0 radical (unpaired) electrons. The second-order valence-corrected chi connectivity index (χ2v) is 4.82. The second kappa shape index (κ2) is 6.76. The van der Waals surface area contributed by atoms with Crippen LogP contribution >= 0.6 is 23.3 Å². The van der Waals surface area contributed by atoms with Crippen LogP contribution in [0.1, 0.15) is 13.3 Å². The van der Waals surface area contributed by atoms with Crippen LogP contribution in [0.2, 0.25) is 0 Å². The highest BCUT2D eigenvalue weighted by molar-refractivity contribution is 8.00. The van der Waals surface area contributed by atoms with Gasteiger partial charge in [-0.25, -0.2) is 4.98 Å². The van der Waals surface area contributed by atoms with Crippen molar-refractivity contribution in [1.82, 2.24) is 9.36 Å². The maximum Gasteiger partial charge on any atom is 0.322 e. The van der Waals surface area contributed by atoms with E-state index in [1.165, 1.54) is 17.9 Å². The smallest absolute Gasteiger partial charge is 0.322 e. The first kappa shape index (κ1) is 12.4. The van der Waals surface area contributed by atoms with Crippen molar-refractivity contribution in [2.75, 3.05) is 12.4 Å². The van der Waals surface area contributed by atoms with Gasteiger partial charge in [-0.3, -0.25) is 4.79 Å². The predicted octanol–water partition coefficient (Wildman–Crippen LogP) is 0.911. The normalized spacial score (nSPS) is 12.4. The summed E-state index contributed by atoms with van der Waals surface area (Å²) in [5.41, 5.74) is 5.62. The average Bonchev–Trinajstić information content (AvgIpc) is 2.71. The number of carbonyl (C=O) groups is 1. The fraction of sp³-hybridized carbons (Fsp3) is 0.625. The Balaban J connectivity index is 2.17. The van der Waals surface area contributed by atoms with E-state index in [2.05, 4.69) is 9.36 Å². The third-order valence-electron chi connectivity index (χ3n) is 1.58. The standard InChI is InChI=1S/C8H13N3O2S2/c1-2-13-7(12)6(9)3-4-14-8-10-5-11-15-8/h5-6H,2-4,9H2,1H3. The number of thioether (sulfide) groups is 1. The molecule has 0 saturated carbocycles. The van der Waals surface area contributed by atoms with Gasteiger partial charge in [-0.05, 0) is 24.9 Å². The zero-order valence-corrected chi connectivity index (χ0v) is 10.0. The molecule has 0 aliphatic heterocycles. The van der Waals surface area contributed by atoms with E-state index in [1.54, 1.807) is 18.7 Å². The molecule has 1 heterocycles. The molecule has 1 unspecified atom stereocenters. The van der Waals surface area contributed by atoms with Gasteiger partial charge in [-0.15, -0.1) is 0 Å². The van der Waals surface area contributed by atoms with Gasteiger partial charge in [0.25, 0.3) is 0 Å². The fourth-order valence-electron chi connectivity index (χ4n) is 0.867. The molecule has 1 aromatic heterocycles. The lowest BCUT2D eigenvalue weighted by atomic mass is 10.2. The summed E-state index contributed by atoms with van der Waals surface area (Å²) in [7, 11) is 0. The van der Waals surface area contributed by atoms with Crippen molar-refractivity contribution in [1.29, 1.82) is 0 Å². The summed E-state index contributed by atoms with van der Waals surface area (Å²) >= 11 is 2.89. The van der Waals surface area contributed by atoms with Crippen LogP contribution in [0.4, 0.5) is 0 Å². The van der Waals surface area contributed by atoms with Crippen LogP contribution in [-0.2, 0) is 9.53 Å². The highest BCUT2D eigenvalue weighted by atomic mass is 32.2. The lowest BCUT2D eigenvalue weighted by Crippen LogP contribution is -2.32. The first-order chi connectivity index (χ1) is 7.24. The largest absolute Gasteiger partial charge is 0.465 e.